The molecule has 2 aromatic carbocycles. The summed E-state index contributed by atoms with van der Waals surface area (Å²) >= 11 is 0. The smallest absolute Gasteiger partial charge is 0.259 e. The Hall–Kier alpha value is -3.32. The molecule has 0 atom stereocenters. The number of aromatic hydroxyl groups is 1. The molecule has 1 fully saturated rings. The summed E-state index contributed by atoms with van der Waals surface area (Å²) in [5, 5.41) is 14.6. The van der Waals surface area contributed by atoms with Gasteiger partial charge >= 0.3 is 0 Å². The molecule has 0 aliphatic carbocycles. The molecule has 1 aliphatic rings. The van der Waals surface area contributed by atoms with Crippen molar-refractivity contribution >= 4 is 11.7 Å². The summed E-state index contributed by atoms with van der Waals surface area (Å²) in [6, 6.07) is 16.0. The maximum atomic E-state index is 13.5. The van der Waals surface area contributed by atoms with E-state index in [0.29, 0.717) is 11.4 Å². The lowest BCUT2D eigenvalue weighted by molar-refractivity contribution is 0.0962. The van der Waals surface area contributed by atoms with Crippen molar-refractivity contribution in [1.29, 1.82) is 0 Å². The molecule has 156 valence electrons. The number of hydrogen-bond donors (Lipinski definition) is 1. The highest BCUT2D eigenvalue weighted by Gasteiger charge is 2.30. The van der Waals surface area contributed by atoms with Gasteiger partial charge in [0.05, 0.1) is 12.8 Å². The molecule has 7 heteroatoms. The molecule has 2 heterocycles. The second-order valence-corrected chi connectivity index (χ2v) is 7.58. The Bertz CT molecular complexity index is 1020. The predicted molar refractivity (Wildman–Crippen MR) is 116 cm³/mol. The molecule has 0 radical (unpaired) electrons. The quantitative estimate of drug-likeness (QED) is 0.704. The van der Waals surface area contributed by atoms with E-state index in [1.807, 2.05) is 36.5 Å². The third-order valence-corrected chi connectivity index (χ3v) is 5.50. The molecule has 0 spiro atoms. The average molecular weight is 406 g/mol. The third-order valence-electron chi connectivity index (χ3n) is 5.50. The standard InChI is InChI=1S/C23H26N4O3/c1-25-12-9-18(10-13-25)27(23(29)17-5-3-7-20(28)15-17)22-11-14-26(24-22)19-6-4-8-21(16-19)30-2/h3-8,11,14-16,18,28H,9-10,12-13H2,1-2H3. The fourth-order valence-corrected chi connectivity index (χ4v) is 3.83. The Kier molecular flexibility index (Phi) is 5.72. The van der Waals surface area contributed by atoms with E-state index in [0.717, 1.165) is 37.4 Å². The predicted octanol–water partition coefficient (Wildman–Crippen LogP) is 3.33. The van der Waals surface area contributed by atoms with Crippen molar-refractivity contribution in [2.75, 3.05) is 32.1 Å². The van der Waals surface area contributed by atoms with Gasteiger partial charge in [0.1, 0.15) is 11.5 Å². The van der Waals surface area contributed by atoms with Crippen molar-refractivity contribution in [1.82, 2.24) is 14.7 Å². The number of nitrogens with zero attached hydrogens (tertiary/aromatic N) is 4. The maximum Gasteiger partial charge on any atom is 0.259 e. The monoisotopic (exact) mass is 406 g/mol. The van der Waals surface area contributed by atoms with Gasteiger partial charge in [0.2, 0.25) is 0 Å². The molecule has 1 aliphatic heterocycles. The zero-order valence-electron chi connectivity index (χ0n) is 17.2. The summed E-state index contributed by atoms with van der Waals surface area (Å²) in [5.41, 5.74) is 1.30. The SMILES string of the molecule is COc1cccc(-n2ccc(N(C(=O)c3cccc(O)c3)C3CCN(C)CC3)n2)c1. The van der Waals surface area contributed by atoms with Gasteiger partial charge in [0.25, 0.3) is 5.91 Å². The van der Waals surface area contributed by atoms with Crippen LogP contribution in [0.5, 0.6) is 11.5 Å². The van der Waals surface area contributed by atoms with E-state index in [4.69, 9.17) is 9.84 Å². The first-order chi connectivity index (χ1) is 14.5. The topological polar surface area (TPSA) is 70.8 Å². The maximum absolute atomic E-state index is 13.5. The van der Waals surface area contributed by atoms with Crippen molar-refractivity contribution in [2.24, 2.45) is 0 Å². The minimum Gasteiger partial charge on any atom is -0.508 e. The number of amides is 1. The first kappa shape index (κ1) is 20.0. The van der Waals surface area contributed by atoms with Gasteiger partial charge in [-0.25, -0.2) is 4.68 Å². The first-order valence-corrected chi connectivity index (χ1v) is 10.1. The molecule has 1 aromatic heterocycles. The lowest BCUT2D eigenvalue weighted by atomic mass is 10.0. The fraction of sp³-hybridized carbons (Fsp3) is 0.304. The number of piperidine rings is 1. The molecule has 0 bridgehead atoms. The molecule has 0 unspecified atom stereocenters. The highest BCUT2D eigenvalue weighted by atomic mass is 16.5. The minimum absolute atomic E-state index is 0.0460. The number of carbonyl (C=O) groups is 1. The summed E-state index contributed by atoms with van der Waals surface area (Å²) in [6.45, 7) is 1.84. The molecule has 1 amide bonds. The Morgan fingerprint density at radius 2 is 1.90 bits per heavy atom. The van der Waals surface area contributed by atoms with E-state index in [9.17, 15) is 9.90 Å². The number of rotatable bonds is 5. The fourth-order valence-electron chi connectivity index (χ4n) is 3.83. The van der Waals surface area contributed by atoms with Crippen LogP contribution in [-0.4, -0.2) is 59.0 Å². The van der Waals surface area contributed by atoms with Crippen LogP contribution in [0.25, 0.3) is 5.69 Å². The van der Waals surface area contributed by atoms with Gasteiger partial charge in [-0.15, -0.1) is 5.10 Å². The van der Waals surface area contributed by atoms with Gasteiger partial charge in [-0.1, -0.05) is 12.1 Å². The molecular weight excluding hydrogens is 380 g/mol. The van der Waals surface area contributed by atoms with E-state index in [2.05, 4.69) is 11.9 Å². The van der Waals surface area contributed by atoms with E-state index in [-0.39, 0.29) is 17.7 Å². The van der Waals surface area contributed by atoms with Crippen molar-refractivity contribution in [3.8, 4) is 17.2 Å². The summed E-state index contributed by atoms with van der Waals surface area (Å²) in [7, 11) is 3.72. The molecular formula is C23H26N4O3. The number of phenols is 1. The van der Waals surface area contributed by atoms with Crippen LogP contribution in [0.4, 0.5) is 5.82 Å². The highest BCUT2D eigenvalue weighted by Crippen LogP contribution is 2.26. The van der Waals surface area contributed by atoms with Crippen LogP contribution >= 0.6 is 0 Å². The molecule has 1 saturated heterocycles. The highest BCUT2D eigenvalue weighted by molar-refractivity contribution is 6.06. The summed E-state index contributed by atoms with van der Waals surface area (Å²) < 4.78 is 7.05. The lowest BCUT2D eigenvalue weighted by Crippen LogP contribution is -2.47. The van der Waals surface area contributed by atoms with Crippen LogP contribution in [0, 0.1) is 0 Å². The molecule has 1 N–H and O–H groups in total. The Morgan fingerprint density at radius 1 is 1.13 bits per heavy atom. The van der Waals surface area contributed by atoms with Gasteiger partial charge in [-0.3, -0.25) is 9.69 Å². The van der Waals surface area contributed by atoms with E-state index in [1.165, 1.54) is 6.07 Å². The van der Waals surface area contributed by atoms with Gasteiger partial charge in [0.15, 0.2) is 5.82 Å². The number of ether oxygens (including phenoxy) is 1. The third kappa shape index (κ3) is 4.16. The molecule has 4 rings (SSSR count). The Balaban J connectivity index is 1.69. The number of carbonyl (C=O) groups excluding carboxylic acids is 1. The second-order valence-electron chi connectivity index (χ2n) is 7.58. The lowest BCUT2D eigenvalue weighted by Gasteiger charge is -2.36. The van der Waals surface area contributed by atoms with Gasteiger partial charge in [0, 0.05) is 29.9 Å². The summed E-state index contributed by atoms with van der Waals surface area (Å²) in [5.74, 6) is 1.26. The van der Waals surface area contributed by atoms with Crippen molar-refractivity contribution < 1.29 is 14.6 Å². The molecule has 3 aromatic rings. The Labute approximate surface area is 176 Å². The number of aromatic nitrogens is 2. The number of benzene rings is 2. The first-order valence-electron chi connectivity index (χ1n) is 10.1. The van der Waals surface area contributed by atoms with Crippen molar-refractivity contribution in [3.63, 3.8) is 0 Å². The van der Waals surface area contributed by atoms with Crippen LogP contribution < -0.4 is 9.64 Å². The number of phenolic OH excluding ortho intramolecular Hbond substituents is 1. The normalized spacial score (nSPS) is 15.1. The van der Waals surface area contributed by atoms with E-state index < -0.39 is 0 Å². The van der Waals surface area contributed by atoms with E-state index >= 15 is 0 Å². The van der Waals surface area contributed by atoms with Crippen molar-refractivity contribution in [3.05, 3.63) is 66.4 Å². The van der Waals surface area contributed by atoms with Gasteiger partial charge in [-0.2, -0.15) is 0 Å². The molecule has 7 nitrogen and oxygen atoms in total. The Morgan fingerprint density at radius 3 is 2.63 bits per heavy atom. The van der Waals surface area contributed by atoms with E-state index in [1.54, 1.807) is 34.9 Å². The number of anilines is 1. The van der Waals surface area contributed by atoms with Crippen LogP contribution in [-0.2, 0) is 0 Å². The second kappa shape index (κ2) is 8.59. The average Bonchev–Trinajstić information content (AvgIpc) is 3.25. The molecule has 30 heavy (non-hydrogen) atoms. The summed E-state index contributed by atoms with van der Waals surface area (Å²) in [4.78, 5) is 17.5. The number of methoxy groups -OCH3 is 1. The van der Waals surface area contributed by atoms with Gasteiger partial charge < -0.3 is 14.7 Å². The zero-order valence-corrected chi connectivity index (χ0v) is 17.2. The van der Waals surface area contributed by atoms with Crippen LogP contribution in [0.3, 0.4) is 0 Å². The number of likely N-dealkylation sites (tertiary alicyclic amines) is 1. The van der Waals surface area contributed by atoms with Crippen LogP contribution in [0.15, 0.2) is 60.8 Å². The van der Waals surface area contributed by atoms with Crippen molar-refractivity contribution in [2.45, 2.75) is 18.9 Å². The van der Waals surface area contributed by atoms with Crippen LogP contribution in [0.2, 0.25) is 0 Å². The van der Waals surface area contributed by atoms with Gasteiger partial charge in [-0.05, 0) is 63.3 Å². The minimum atomic E-state index is -0.156. The summed E-state index contributed by atoms with van der Waals surface area (Å²) in [6.07, 6.45) is 3.59. The van der Waals surface area contributed by atoms with Crippen LogP contribution in [0.1, 0.15) is 23.2 Å². The zero-order chi connectivity index (χ0) is 21.1. The largest absolute Gasteiger partial charge is 0.508 e. The molecule has 0 saturated carbocycles. The number of hydrogen-bond acceptors (Lipinski definition) is 5.